The second kappa shape index (κ2) is 3.72. The fraction of sp³-hybridized carbons (Fsp3) is 1.00. The van der Waals surface area contributed by atoms with Gasteiger partial charge >= 0.3 is 0 Å². The summed E-state index contributed by atoms with van der Waals surface area (Å²) in [5.41, 5.74) is 0. The van der Waals surface area contributed by atoms with Crippen LogP contribution < -0.4 is 5.32 Å². The summed E-state index contributed by atoms with van der Waals surface area (Å²) in [6.45, 7) is 4.17. The third kappa shape index (κ3) is 2.18. The Bertz CT molecular complexity index is 238. The van der Waals surface area contributed by atoms with E-state index in [1.807, 2.05) is 6.92 Å². The van der Waals surface area contributed by atoms with Gasteiger partial charge in [-0.1, -0.05) is 6.92 Å². The Kier molecular flexibility index (Phi) is 3.09. The molecule has 1 saturated heterocycles. The minimum atomic E-state index is -2.99. The van der Waals surface area contributed by atoms with Crippen molar-refractivity contribution in [2.75, 3.05) is 25.9 Å². The molecular formula is C7H16N2O2S. The summed E-state index contributed by atoms with van der Waals surface area (Å²) in [7, 11) is -2.99. The van der Waals surface area contributed by atoms with Crippen molar-refractivity contribution in [3.05, 3.63) is 0 Å². The lowest BCUT2D eigenvalue weighted by molar-refractivity contribution is 0.263. The van der Waals surface area contributed by atoms with Crippen molar-refractivity contribution < 1.29 is 8.42 Å². The van der Waals surface area contributed by atoms with E-state index in [2.05, 4.69) is 5.32 Å². The van der Waals surface area contributed by atoms with E-state index in [0.717, 1.165) is 19.5 Å². The van der Waals surface area contributed by atoms with E-state index in [0.29, 0.717) is 6.54 Å². The molecule has 1 N–H and O–H groups in total. The number of hydrogen-bond acceptors (Lipinski definition) is 3. The minimum Gasteiger partial charge on any atom is -0.314 e. The number of nitrogens with one attached hydrogen (secondary N) is 1. The molecule has 1 heterocycles. The van der Waals surface area contributed by atoms with Gasteiger partial charge in [-0.15, -0.1) is 0 Å². The molecule has 0 spiro atoms. The number of rotatable bonds is 2. The summed E-state index contributed by atoms with van der Waals surface area (Å²) in [5.74, 6) is 0. The van der Waals surface area contributed by atoms with E-state index < -0.39 is 10.0 Å². The van der Waals surface area contributed by atoms with Crippen LogP contribution in [0.25, 0.3) is 0 Å². The lowest BCUT2D eigenvalue weighted by Gasteiger charge is -2.33. The van der Waals surface area contributed by atoms with Gasteiger partial charge in [0.2, 0.25) is 10.0 Å². The van der Waals surface area contributed by atoms with Gasteiger partial charge in [-0.3, -0.25) is 0 Å². The highest BCUT2D eigenvalue weighted by Gasteiger charge is 2.27. The lowest BCUT2D eigenvalue weighted by Crippen LogP contribution is -2.52. The van der Waals surface area contributed by atoms with Crippen LogP contribution in [0.4, 0.5) is 0 Å². The third-order valence-electron chi connectivity index (χ3n) is 2.19. The summed E-state index contributed by atoms with van der Waals surface area (Å²) in [5, 5.41) is 3.18. The molecule has 1 rings (SSSR count). The molecule has 1 atom stereocenters. The van der Waals surface area contributed by atoms with Crippen LogP contribution in [0.5, 0.6) is 0 Å². The van der Waals surface area contributed by atoms with Gasteiger partial charge < -0.3 is 5.32 Å². The first-order valence-electron chi connectivity index (χ1n) is 4.23. The highest BCUT2D eigenvalue weighted by atomic mass is 32.2. The van der Waals surface area contributed by atoms with E-state index in [4.69, 9.17) is 0 Å². The molecular weight excluding hydrogens is 176 g/mol. The van der Waals surface area contributed by atoms with Crippen molar-refractivity contribution in [2.45, 2.75) is 19.4 Å². The SMILES string of the molecule is CCC1CNCCN1S(C)(=O)=O. The van der Waals surface area contributed by atoms with Crippen LogP contribution in [0.2, 0.25) is 0 Å². The van der Waals surface area contributed by atoms with Gasteiger partial charge in [0.1, 0.15) is 0 Å². The summed E-state index contributed by atoms with van der Waals surface area (Å²) in [4.78, 5) is 0. The number of piperazine rings is 1. The molecule has 0 aliphatic carbocycles. The molecule has 1 unspecified atom stereocenters. The lowest BCUT2D eigenvalue weighted by atomic mass is 10.2. The zero-order chi connectivity index (χ0) is 9.19. The first-order valence-corrected chi connectivity index (χ1v) is 6.08. The average Bonchev–Trinajstić information content (AvgIpc) is 2.03. The smallest absolute Gasteiger partial charge is 0.211 e. The Labute approximate surface area is 74.0 Å². The molecule has 0 aromatic heterocycles. The topological polar surface area (TPSA) is 49.4 Å². The molecule has 0 amide bonds. The first-order chi connectivity index (χ1) is 5.55. The van der Waals surface area contributed by atoms with Gasteiger partial charge in [0.25, 0.3) is 0 Å². The summed E-state index contributed by atoms with van der Waals surface area (Å²) in [6.07, 6.45) is 2.15. The van der Waals surface area contributed by atoms with Gasteiger partial charge in [0.15, 0.2) is 0 Å². The molecule has 0 aromatic carbocycles. The molecule has 4 nitrogen and oxygen atoms in total. The zero-order valence-electron chi connectivity index (χ0n) is 7.58. The normalized spacial score (nSPS) is 27.3. The average molecular weight is 192 g/mol. The second-order valence-corrected chi connectivity index (χ2v) is 5.07. The maximum Gasteiger partial charge on any atom is 0.211 e. The molecule has 12 heavy (non-hydrogen) atoms. The Morgan fingerprint density at radius 3 is 2.67 bits per heavy atom. The fourth-order valence-corrected chi connectivity index (χ4v) is 2.72. The van der Waals surface area contributed by atoms with E-state index >= 15 is 0 Å². The van der Waals surface area contributed by atoms with Crippen molar-refractivity contribution in [3.63, 3.8) is 0 Å². The summed E-state index contributed by atoms with van der Waals surface area (Å²) >= 11 is 0. The van der Waals surface area contributed by atoms with E-state index in [-0.39, 0.29) is 6.04 Å². The molecule has 1 aliphatic rings. The summed E-state index contributed by atoms with van der Waals surface area (Å²) in [6, 6.07) is 0.147. The van der Waals surface area contributed by atoms with Crippen LogP contribution >= 0.6 is 0 Å². The molecule has 0 radical (unpaired) electrons. The van der Waals surface area contributed by atoms with Crippen LogP contribution in [0.3, 0.4) is 0 Å². The maximum absolute atomic E-state index is 11.3. The standard InChI is InChI=1S/C7H16N2O2S/c1-3-7-6-8-4-5-9(7)12(2,10)11/h7-8H,3-6H2,1-2H3. The molecule has 72 valence electrons. The van der Waals surface area contributed by atoms with Gasteiger partial charge in [-0.2, -0.15) is 4.31 Å². The predicted molar refractivity (Wildman–Crippen MR) is 48.5 cm³/mol. The molecule has 0 saturated carbocycles. The van der Waals surface area contributed by atoms with Crippen molar-refractivity contribution in [3.8, 4) is 0 Å². The van der Waals surface area contributed by atoms with Crippen LogP contribution in [-0.2, 0) is 10.0 Å². The third-order valence-corrected chi connectivity index (χ3v) is 3.53. The van der Waals surface area contributed by atoms with Crippen LogP contribution in [0.15, 0.2) is 0 Å². The van der Waals surface area contributed by atoms with Crippen molar-refractivity contribution in [1.29, 1.82) is 0 Å². The Morgan fingerprint density at radius 2 is 2.25 bits per heavy atom. The Hall–Kier alpha value is -0.130. The van der Waals surface area contributed by atoms with Crippen molar-refractivity contribution in [2.24, 2.45) is 0 Å². The van der Waals surface area contributed by atoms with Gasteiger partial charge in [0, 0.05) is 25.7 Å². The monoisotopic (exact) mass is 192 g/mol. The number of hydrogen-bond donors (Lipinski definition) is 1. The van der Waals surface area contributed by atoms with Gasteiger partial charge in [-0.25, -0.2) is 8.42 Å². The highest BCUT2D eigenvalue weighted by Crippen LogP contribution is 2.10. The first kappa shape index (κ1) is 9.95. The quantitative estimate of drug-likeness (QED) is 0.649. The molecule has 5 heteroatoms. The largest absolute Gasteiger partial charge is 0.314 e. The highest BCUT2D eigenvalue weighted by molar-refractivity contribution is 7.88. The van der Waals surface area contributed by atoms with E-state index in [9.17, 15) is 8.42 Å². The molecule has 1 fully saturated rings. The molecule has 0 bridgehead atoms. The van der Waals surface area contributed by atoms with Crippen molar-refractivity contribution >= 4 is 10.0 Å². The van der Waals surface area contributed by atoms with Crippen molar-refractivity contribution in [1.82, 2.24) is 9.62 Å². The van der Waals surface area contributed by atoms with E-state index in [1.54, 1.807) is 4.31 Å². The van der Waals surface area contributed by atoms with E-state index in [1.165, 1.54) is 6.26 Å². The predicted octanol–water partition coefficient (Wildman–Crippen LogP) is -0.370. The number of sulfonamides is 1. The van der Waals surface area contributed by atoms with Crippen LogP contribution in [-0.4, -0.2) is 44.7 Å². The second-order valence-electron chi connectivity index (χ2n) is 3.14. The zero-order valence-corrected chi connectivity index (χ0v) is 8.39. The molecule has 0 aromatic rings. The Balaban J connectivity index is 2.72. The number of nitrogens with zero attached hydrogens (tertiary/aromatic N) is 1. The summed E-state index contributed by atoms with van der Waals surface area (Å²) < 4.78 is 24.1. The Morgan fingerprint density at radius 1 is 1.58 bits per heavy atom. The molecule has 1 aliphatic heterocycles. The fourth-order valence-electron chi connectivity index (χ4n) is 1.53. The van der Waals surface area contributed by atoms with Gasteiger partial charge in [-0.05, 0) is 6.42 Å². The van der Waals surface area contributed by atoms with Crippen LogP contribution in [0, 0.1) is 0 Å². The minimum absolute atomic E-state index is 0.147. The maximum atomic E-state index is 11.3. The van der Waals surface area contributed by atoms with Gasteiger partial charge in [0.05, 0.1) is 6.26 Å². The van der Waals surface area contributed by atoms with Crippen LogP contribution in [0.1, 0.15) is 13.3 Å².